The predicted molar refractivity (Wildman–Crippen MR) is 324 cm³/mol. The van der Waals surface area contributed by atoms with Crippen LogP contribution in [0.25, 0.3) is 105 Å². The molecule has 4 nitrogen and oxygen atoms in total. The molecule has 0 amide bonds. The second-order valence-electron chi connectivity index (χ2n) is 20.5. The number of hydrogen-bond donors (Lipinski definition) is 0. The van der Waals surface area contributed by atoms with E-state index in [1.807, 2.05) is 0 Å². The van der Waals surface area contributed by atoms with Crippen molar-refractivity contribution in [2.45, 2.75) is 5.41 Å². The lowest BCUT2D eigenvalue weighted by Gasteiger charge is -2.30. The zero-order valence-corrected chi connectivity index (χ0v) is 43.1. The second kappa shape index (κ2) is 17.6. The SMILES string of the molecule is c1ccc(-c2ccc3c(c2)c2cc(-c4ccccc4)ccc2n3-c2ccc(-c3ccc(N(c4ccccc4)c4ccc(-c5cccc6c5-c5ccccc5C65c6ccccc6-c6ccccc65)cc4)c4nsnc34)cc2)cc1. The van der Waals surface area contributed by atoms with Crippen LogP contribution in [0.15, 0.2) is 279 Å². The van der Waals surface area contributed by atoms with Crippen LogP contribution in [-0.4, -0.2) is 13.3 Å². The summed E-state index contributed by atoms with van der Waals surface area (Å²) in [6.07, 6.45) is 0. The Morgan fingerprint density at radius 2 is 0.782 bits per heavy atom. The molecule has 2 aliphatic rings. The Morgan fingerprint density at radius 1 is 0.321 bits per heavy atom. The maximum atomic E-state index is 5.04. The van der Waals surface area contributed by atoms with Crippen molar-refractivity contribution in [2.24, 2.45) is 0 Å². The van der Waals surface area contributed by atoms with Gasteiger partial charge in [0, 0.05) is 33.4 Å². The Balaban J connectivity index is 0.774. The van der Waals surface area contributed by atoms with Gasteiger partial charge in [0.05, 0.1) is 33.9 Å². The van der Waals surface area contributed by atoms with Crippen molar-refractivity contribution in [2.75, 3.05) is 4.90 Å². The molecule has 2 aromatic heterocycles. The molecule has 0 fully saturated rings. The van der Waals surface area contributed by atoms with Gasteiger partial charge in [0.25, 0.3) is 0 Å². The third-order valence-electron chi connectivity index (χ3n) is 16.5. The Hall–Kier alpha value is -9.94. The van der Waals surface area contributed by atoms with Gasteiger partial charge in [-0.3, -0.25) is 0 Å². The molecule has 78 heavy (non-hydrogen) atoms. The molecule has 16 rings (SSSR count). The van der Waals surface area contributed by atoms with Crippen LogP contribution in [-0.2, 0) is 5.41 Å². The zero-order chi connectivity index (χ0) is 51.3. The first kappa shape index (κ1) is 44.4. The van der Waals surface area contributed by atoms with Crippen LogP contribution in [0, 0.1) is 0 Å². The highest BCUT2D eigenvalue weighted by Crippen LogP contribution is 2.64. The fourth-order valence-corrected chi connectivity index (χ4v) is 13.7. The molecular formula is C73H46N4S. The van der Waals surface area contributed by atoms with Crippen LogP contribution >= 0.6 is 11.7 Å². The molecular weight excluding hydrogens is 965 g/mol. The highest BCUT2D eigenvalue weighted by molar-refractivity contribution is 7.00. The number of hydrogen-bond acceptors (Lipinski definition) is 4. The van der Waals surface area contributed by atoms with Gasteiger partial charge in [0.1, 0.15) is 11.0 Å². The molecule has 0 radical (unpaired) electrons. The van der Waals surface area contributed by atoms with Crippen LogP contribution in [0.4, 0.5) is 17.1 Å². The molecule has 0 unspecified atom stereocenters. The quantitative estimate of drug-likeness (QED) is 0.152. The average Bonchev–Trinajstić information content (AvgIpc) is 4.48. The van der Waals surface area contributed by atoms with E-state index in [4.69, 9.17) is 8.75 Å². The molecule has 0 saturated heterocycles. The maximum Gasteiger partial charge on any atom is 0.129 e. The summed E-state index contributed by atoms with van der Waals surface area (Å²) in [7, 11) is 0. The van der Waals surface area contributed by atoms with E-state index in [0.29, 0.717) is 0 Å². The first-order valence-electron chi connectivity index (χ1n) is 26.6. The summed E-state index contributed by atoms with van der Waals surface area (Å²) in [5.74, 6) is 0. The van der Waals surface area contributed by atoms with Crippen molar-refractivity contribution in [3.63, 3.8) is 0 Å². The lowest BCUT2D eigenvalue weighted by Crippen LogP contribution is -2.25. The molecule has 0 atom stereocenters. The van der Waals surface area contributed by atoms with Crippen LogP contribution in [0.1, 0.15) is 22.3 Å². The van der Waals surface area contributed by atoms with Crippen molar-refractivity contribution < 1.29 is 0 Å². The van der Waals surface area contributed by atoms with Crippen LogP contribution in [0.5, 0.6) is 0 Å². The number of fused-ring (bicyclic) bond motifs is 14. The van der Waals surface area contributed by atoms with E-state index in [2.05, 4.69) is 289 Å². The predicted octanol–water partition coefficient (Wildman–Crippen LogP) is 19.3. The Labute approximate surface area is 456 Å². The maximum absolute atomic E-state index is 5.04. The Kier molecular flexibility index (Phi) is 9.99. The van der Waals surface area contributed by atoms with Crippen molar-refractivity contribution in [3.05, 3.63) is 301 Å². The van der Waals surface area contributed by atoms with E-state index in [1.54, 1.807) is 0 Å². The van der Waals surface area contributed by atoms with Crippen LogP contribution in [0.3, 0.4) is 0 Å². The van der Waals surface area contributed by atoms with Crippen LogP contribution in [0.2, 0.25) is 0 Å². The van der Waals surface area contributed by atoms with Gasteiger partial charge < -0.3 is 9.47 Å². The molecule has 0 saturated carbocycles. The molecule has 14 aromatic rings. The van der Waals surface area contributed by atoms with E-state index in [9.17, 15) is 0 Å². The number of para-hydroxylation sites is 1. The zero-order valence-electron chi connectivity index (χ0n) is 42.3. The normalized spacial score (nSPS) is 12.7. The van der Waals surface area contributed by atoms with Gasteiger partial charge in [-0.25, -0.2) is 0 Å². The lowest BCUT2D eigenvalue weighted by molar-refractivity contribution is 0.794. The number of anilines is 3. The largest absolute Gasteiger partial charge is 0.309 e. The minimum Gasteiger partial charge on any atom is -0.309 e. The molecule has 12 aromatic carbocycles. The standard InChI is InChI=1S/C73H46N4S/c1-4-17-47(18-5-1)51-35-42-67-61(45-51)62-46-52(48-19-6-2-7-20-48)36-43-68(62)77(67)55-39-33-50(34-40-55)57-41-44-69(72-71(57)74-78-75-72)76(53-21-8-3-9-22-53)54-37-31-49(32-38-54)56-26-16-30-66-70(56)60-25-12-15-29-65(60)73(66)63-27-13-10-23-58(63)59-24-11-14-28-64(59)73/h1-46H. The van der Waals surface area contributed by atoms with E-state index in [-0.39, 0.29) is 0 Å². The third kappa shape index (κ3) is 6.59. The third-order valence-corrected chi connectivity index (χ3v) is 17.1. The van der Waals surface area contributed by atoms with E-state index in [1.165, 1.54) is 111 Å². The number of benzene rings is 12. The monoisotopic (exact) mass is 1010 g/mol. The second-order valence-corrected chi connectivity index (χ2v) is 21.0. The molecule has 5 heteroatoms. The highest BCUT2D eigenvalue weighted by Gasteiger charge is 2.52. The molecule has 364 valence electrons. The van der Waals surface area contributed by atoms with Gasteiger partial charge in [-0.15, -0.1) is 0 Å². The summed E-state index contributed by atoms with van der Waals surface area (Å²) in [5, 5.41) is 2.45. The first-order chi connectivity index (χ1) is 38.7. The van der Waals surface area contributed by atoms with E-state index >= 15 is 0 Å². The smallest absolute Gasteiger partial charge is 0.129 e. The number of aromatic nitrogens is 3. The summed E-state index contributed by atoms with van der Waals surface area (Å²) in [6.45, 7) is 0. The Bertz CT molecular complexity index is 4510. The Morgan fingerprint density at radius 3 is 1.40 bits per heavy atom. The molecule has 0 aliphatic heterocycles. The number of rotatable bonds is 8. The summed E-state index contributed by atoms with van der Waals surface area (Å²) in [6, 6.07) is 102. The summed E-state index contributed by atoms with van der Waals surface area (Å²) >= 11 is 1.26. The summed E-state index contributed by atoms with van der Waals surface area (Å²) < 4.78 is 12.4. The molecule has 0 bridgehead atoms. The molecule has 1 spiro atoms. The van der Waals surface area contributed by atoms with Crippen molar-refractivity contribution >= 4 is 61.6 Å². The summed E-state index contributed by atoms with van der Waals surface area (Å²) in [5.41, 5.74) is 27.8. The van der Waals surface area contributed by atoms with Crippen molar-refractivity contribution in [1.82, 2.24) is 13.3 Å². The highest BCUT2D eigenvalue weighted by atomic mass is 32.1. The van der Waals surface area contributed by atoms with Gasteiger partial charge in [-0.1, -0.05) is 206 Å². The minimum absolute atomic E-state index is 0.395. The van der Waals surface area contributed by atoms with Gasteiger partial charge in [-0.2, -0.15) is 8.75 Å². The van der Waals surface area contributed by atoms with Crippen LogP contribution < -0.4 is 4.90 Å². The van der Waals surface area contributed by atoms with E-state index < -0.39 is 5.41 Å². The topological polar surface area (TPSA) is 34.0 Å². The van der Waals surface area contributed by atoms with Crippen molar-refractivity contribution in [1.29, 1.82) is 0 Å². The number of nitrogens with zero attached hydrogens (tertiary/aromatic N) is 4. The minimum atomic E-state index is -0.395. The molecule has 2 aliphatic carbocycles. The lowest BCUT2D eigenvalue weighted by atomic mass is 9.70. The van der Waals surface area contributed by atoms with Gasteiger partial charge in [-0.05, 0) is 156 Å². The first-order valence-corrected chi connectivity index (χ1v) is 27.4. The van der Waals surface area contributed by atoms with Gasteiger partial charge >= 0.3 is 0 Å². The fourth-order valence-electron chi connectivity index (χ4n) is 13.2. The van der Waals surface area contributed by atoms with E-state index in [0.717, 1.165) is 44.9 Å². The average molecular weight is 1010 g/mol. The van der Waals surface area contributed by atoms with Gasteiger partial charge in [0.2, 0.25) is 0 Å². The molecule has 2 heterocycles. The van der Waals surface area contributed by atoms with Crippen molar-refractivity contribution in [3.8, 4) is 72.4 Å². The molecule has 0 N–H and O–H groups in total. The summed E-state index contributed by atoms with van der Waals surface area (Å²) in [4.78, 5) is 2.32. The fraction of sp³-hybridized carbons (Fsp3) is 0.0137. The van der Waals surface area contributed by atoms with Gasteiger partial charge in [0.15, 0.2) is 0 Å².